The van der Waals surface area contributed by atoms with Crippen LogP contribution in [0.5, 0.6) is 11.5 Å². The number of ether oxygens (including phenoxy) is 2. The first-order valence-electron chi connectivity index (χ1n) is 7.12. The van der Waals surface area contributed by atoms with E-state index in [1.807, 2.05) is 12.1 Å². The minimum absolute atomic E-state index is 0.332. The number of rotatable bonds is 3. The Bertz CT molecular complexity index is 454. The molecular weight excluding hydrogens is 240 g/mol. The molecule has 1 aromatic rings. The Kier molecular flexibility index (Phi) is 3.51. The van der Waals surface area contributed by atoms with Crippen LogP contribution in [-0.2, 0) is 0 Å². The minimum atomic E-state index is 0.332. The molecule has 0 bridgehead atoms. The first-order valence-corrected chi connectivity index (χ1v) is 7.12. The van der Waals surface area contributed by atoms with Gasteiger partial charge in [-0.1, -0.05) is 0 Å². The fraction of sp³-hybridized carbons (Fsp3) is 0.600. The van der Waals surface area contributed by atoms with Gasteiger partial charge in [0.15, 0.2) is 11.5 Å². The summed E-state index contributed by atoms with van der Waals surface area (Å²) < 4.78 is 10.8. The van der Waals surface area contributed by atoms with Crippen molar-refractivity contribution in [1.29, 1.82) is 0 Å². The monoisotopic (exact) mass is 262 g/mol. The summed E-state index contributed by atoms with van der Waals surface area (Å²) in [5.41, 5.74) is 8.30. The molecule has 0 spiro atoms. The minimum Gasteiger partial charge on any atom is -0.454 e. The van der Waals surface area contributed by atoms with E-state index in [9.17, 15) is 0 Å². The summed E-state index contributed by atoms with van der Waals surface area (Å²) in [6.45, 7) is 3.45. The van der Waals surface area contributed by atoms with Crippen molar-refractivity contribution in [3.8, 4) is 11.5 Å². The van der Waals surface area contributed by atoms with E-state index in [-0.39, 0.29) is 0 Å². The molecule has 3 rings (SSSR count). The molecule has 0 amide bonds. The molecule has 1 aliphatic carbocycles. The zero-order valence-corrected chi connectivity index (χ0v) is 11.4. The second-order valence-corrected chi connectivity index (χ2v) is 5.68. The van der Waals surface area contributed by atoms with Gasteiger partial charge in [-0.2, -0.15) is 0 Å². The zero-order valence-electron chi connectivity index (χ0n) is 11.4. The largest absolute Gasteiger partial charge is 0.454 e. The lowest BCUT2D eigenvalue weighted by molar-refractivity contribution is 0.174. The highest BCUT2D eigenvalue weighted by atomic mass is 16.7. The quantitative estimate of drug-likeness (QED) is 0.879. The van der Waals surface area contributed by atoms with Crippen LogP contribution < -0.4 is 20.5 Å². The molecule has 0 unspecified atom stereocenters. The number of hydrogen-bond acceptors (Lipinski definition) is 4. The fourth-order valence-corrected chi connectivity index (χ4v) is 2.88. The highest BCUT2D eigenvalue weighted by Gasteiger charge is 2.19. The van der Waals surface area contributed by atoms with E-state index < -0.39 is 0 Å². The van der Waals surface area contributed by atoms with Crippen molar-refractivity contribution in [3.63, 3.8) is 0 Å². The number of fused-ring (bicyclic) bond motifs is 1. The average Bonchev–Trinajstić information content (AvgIpc) is 2.85. The van der Waals surface area contributed by atoms with Gasteiger partial charge < -0.3 is 20.5 Å². The van der Waals surface area contributed by atoms with Gasteiger partial charge in [0.2, 0.25) is 6.79 Å². The second kappa shape index (κ2) is 5.29. The van der Waals surface area contributed by atoms with Gasteiger partial charge in [-0.25, -0.2) is 0 Å². The maximum absolute atomic E-state index is 5.94. The Morgan fingerprint density at radius 3 is 2.58 bits per heavy atom. The standard InChI is InChI=1S/C15H22N2O2/c1-10-6-14-15(19-9-18-14)7-13(10)17-8-11-2-4-12(16)5-3-11/h6-7,11-12,17H,2-5,8-9,16H2,1H3. The molecule has 1 aromatic carbocycles. The van der Waals surface area contributed by atoms with Crippen LogP contribution in [0.4, 0.5) is 5.69 Å². The predicted octanol–water partition coefficient (Wildman–Crippen LogP) is 2.65. The molecule has 1 heterocycles. The number of nitrogens with two attached hydrogens (primary N) is 1. The van der Waals surface area contributed by atoms with Crippen molar-refractivity contribution in [2.24, 2.45) is 11.7 Å². The van der Waals surface area contributed by atoms with Crippen LogP contribution in [0.2, 0.25) is 0 Å². The van der Waals surface area contributed by atoms with Crippen molar-refractivity contribution in [3.05, 3.63) is 17.7 Å². The summed E-state index contributed by atoms with van der Waals surface area (Å²) >= 11 is 0. The molecule has 0 radical (unpaired) electrons. The molecule has 4 heteroatoms. The van der Waals surface area contributed by atoms with Crippen LogP contribution in [-0.4, -0.2) is 19.4 Å². The summed E-state index contributed by atoms with van der Waals surface area (Å²) in [6, 6.07) is 4.51. The van der Waals surface area contributed by atoms with Gasteiger partial charge >= 0.3 is 0 Å². The summed E-state index contributed by atoms with van der Waals surface area (Å²) in [7, 11) is 0. The van der Waals surface area contributed by atoms with Crippen molar-refractivity contribution >= 4 is 5.69 Å². The van der Waals surface area contributed by atoms with Gasteiger partial charge in [-0.3, -0.25) is 0 Å². The van der Waals surface area contributed by atoms with E-state index in [2.05, 4.69) is 12.2 Å². The molecule has 1 aliphatic heterocycles. The smallest absolute Gasteiger partial charge is 0.231 e. The van der Waals surface area contributed by atoms with Gasteiger partial charge in [0.05, 0.1) is 0 Å². The van der Waals surface area contributed by atoms with Gasteiger partial charge in [0, 0.05) is 24.3 Å². The van der Waals surface area contributed by atoms with Gasteiger partial charge in [-0.05, 0) is 50.2 Å². The van der Waals surface area contributed by atoms with Crippen LogP contribution in [0.3, 0.4) is 0 Å². The Morgan fingerprint density at radius 2 is 1.84 bits per heavy atom. The van der Waals surface area contributed by atoms with Crippen molar-refractivity contribution in [2.45, 2.75) is 38.6 Å². The Hall–Kier alpha value is -1.42. The van der Waals surface area contributed by atoms with E-state index in [0.29, 0.717) is 12.8 Å². The number of aryl methyl sites for hydroxylation is 1. The fourth-order valence-electron chi connectivity index (χ4n) is 2.88. The first kappa shape index (κ1) is 12.6. The van der Waals surface area contributed by atoms with Crippen LogP contribution in [0.15, 0.2) is 12.1 Å². The summed E-state index contributed by atoms with van der Waals surface area (Å²) in [5, 5.41) is 3.55. The summed E-state index contributed by atoms with van der Waals surface area (Å²) in [4.78, 5) is 0. The number of nitrogens with one attached hydrogen (secondary N) is 1. The molecule has 3 N–H and O–H groups in total. The van der Waals surface area contributed by atoms with E-state index >= 15 is 0 Å². The molecular formula is C15H22N2O2. The topological polar surface area (TPSA) is 56.5 Å². The summed E-state index contributed by atoms with van der Waals surface area (Å²) in [6.07, 6.45) is 4.79. The van der Waals surface area contributed by atoms with Crippen LogP contribution in [0.1, 0.15) is 31.2 Å². The van der Waals surface area contributed by atoms with E-state index in [1.165, 1.54) is 18.4 Å². The third kappa shape index (κ3) is 2.78. The highest BCUT2D eigenvalue weighted by molar-refractivity contribution is 5.60. The second-order valence-electron chi connectivity index (χ2n) is 5.68. The Labute approximate surface area is 114 Å². The average molecular weight is 262 g/mol. The third-order valence-corrected chi connectivity index (χ3v) is 4.19. The maximum Gasteiger partial charge on any atom is 0.231 e. The zero-order chi connectivity index (χ0) is 13.2. The molecule has 104 valence electrons. The Morgan fingerprint density at radius 1 is 1.16 bits per heavy atom. The molecule has 1 fully saturated rings. The van der Waals surface area contributed by atoms with Crippen molar-refractivity contribution < 1.29 is 9.47 Å². The van der Waals surface area contributed by atoms with Crippen LogP contribution >= 0.6 is 0 Å². The molecule has 19 heavy (non-hydrogen) atoms. The molecule has 0 atom stereocenters. The number of benzene rings is 1. The van der Waals surface area contributed by atoms with E-state index in [0.717, 1.165) is 42.5 Å². The lowest BCUT2D eigenvalue weighted by atomic mass is 9.86. The molecule has 1 saturated carbocycles. The number of hydrogen-bond donors (Lipinski definition) is 2. The van der Waals surface area contributed by atoms with Crippen LogP contribution in [0.25, 0.3) is 0 Å². The first-order chi connectivity index (χ1) is 9.22. The SMILES string of the molecule is Cc1cc2c(cc1NCC1CCC(N)CC1)OCO2. The lowest BCUT2D eigenvalue weighted by Gasteiger charge is -2.26. The van der Waals surface area contributed by atoms with Gasteiger partial charge in [-0.15, -0.1) is 0 Å². The van der Waals surface area contributed by atoms with Gasteiger partial charge in [0.1, 0.15) is 0 Å². The summed E-state index contributed by atoms with van der Waals surface area (Å²) in [5.74, 6) is 2.44. The lowest BCUT2D eigenvalue weighted by Crippen LogP contribution is -2.29. The molecule has 4 nitrogen and oxygen atoms in total. The van der Waals surface area contributed by atoms with Crippen molar-refractivity contribution in [1.82, 2.24) is 0 Å². The maximum atomic E-state index is 5.94. The highest BCUT2D eigenvalue weighted by Crippen LogP contribution is 2.37. The molecule has 0 saturated heterocycles. The van der Waals surface area contributed by atoms with Gasteiger partial charge in [0.25, 0.3) is 0 Å². The molecule has 0 aromatic heterocycles. The normalized spacial score (nSPS) is 25.4. The molecule has 2 aliphatic rings. The third-order valence-electron chi connectivity index (χ3n) is 4.19. The van der Waals surface area contributed by atoms with Crippen LogP contribution in [0, 0.1) is 12.8 Å². The van der Waals surface area contributed by atoms with E-state index in [4.69, 9.17) is 15.2 Å². The Balaban J connectivity index is 1.61. The van der Waals surface area contributed by atoms with Crippen molar-refractivity contribution in [2.75, 3.05) is 18.7 Å². The van der Waals surface area contributed by atoms with E-state index in [1.54, 1.807) is 0 Å². The number of anilines is 1. The predicted molar refractivity (Wildman–Crippen MR) is 75.7 cm³/mol.